The zero-order chi connectivity index (χ0) is 16.8. The van der Waals surface area contributed by atoms with Crippen LogP contribution in [0.5, 0.6) is 0 Å². The van der Waals surface area contributed by atoms with Crippen LogP contribution in [-0.4, -0.2) is 15.6 Å². The van der Waals surface area contributed by atoms with Crippen molar-refractivity contribution in [1.29, 1.82) is 0 Å². The zero-order valence-corrected chi connectivity index (χ0v) is 13.0. The molecule has 1 aromatic rings. The number of hydrogen-bond donors (Lipinski definition) is 1. The normalized spacial score (nSPS) is 20.6. The summed E-state index contributed by atoms with van der Waals surface area (Å²) in [5, 5.41) is 26.1. The third-order valence-corrected chi connectivity index (χ3v) is 3.97. The minimum Gasteiger partial charge on any atom is -0.272 e. The minimum absolute atomic E-state index is 0.169. The second-order valence-electron chi connectivity index (χ2n) is 5.91. The third-order valence-electron chi connectivity index (χ3n) is 3.97. The summed E-state index contributed by atoms with van der Waals surface area (Å²) in [6.45, 7) is 2.18. The molecule has 8 heteroatoms. The molecule has 1 fully saturated rings. The number of rotatable bonds is 4. The second kappa shape index (κ2) is 7.66. The van der Waals surface area contributed by atoms with Crippen molar-refractivity contribution in [1.82, 2.24) is 0 Å². The van der Waals surface area contributed by atoms with E-state index >= 15 is 0 Å². The van der Waals surface area contributed by atoms with Crippen LogP contribution in [0.25, 0.3) is 0 Å². The van der Waals surface area contributed by atoms with Gasteiger partial charge >= 0.3 is 5.69 Å². The predicted molar refractivity (Wildman–Crippen MR) is 87.7 cm³/mol. The van der Waals surface area contributed by atoms with Crippen LogP contribution >= 0.6 is 0 Å². The number of nitro benzene ring substituents is 2. The lowest BCUT2D eigenvalue weighted by molar-refractivity contribution is -0.393. The van der Waals surface area contributed by atoms with Gasteiger partial charge in [-0.05, 0) is 31.2 Å². The molecule has 8 nitrogen and oxygen atoms in total. The zero-order valence-electron chi connectivity index (χ0n) is 13.0. The molecule has 23 heavy (non-hydrogen) atoms. The van der Waals surface area contributed by atoms with Crippen LogP contribution in [0.2, 0.25) is 0 Å². The van der Waals surface area contributed by atoms with Gasteiger partial charge in [-0.3, -0.25) is 25.7 Å². The van der Waals surface area contributed by atoms with Crippen molar-refractivity contribution < 1.29 is 9.85 Å². The summed E-state index contributed by atoms with van der Waals surface area (Å²) >= 11 is 0. The number of nitro groups is 2. The summed E-state index contributed by atoms with van der Waals surface area (Å²) in [5.41, 5.74) is 3.23. The smallest absolute Gasteiger partial charge is 0.272 e. The minimum atomic E-state index is -0.654. The monoisotopic (exact) mass is 320 g/mol. The van der Waals surface area contributed by atoms with Gasteiger partial charge in [-0.25, -0.2) is 0 Å². The number of benzene rings is 1. The van der Waals surface area contributed by atoms with Crippen LogP contribution in [0.4, 0.5) is 17.1 Å². The van der Waals surface area contributed by atoms with E-state index in [1.165, 1.54) is 25.0 Å². The Morgan fingerprint density at radius 2 is 1.96 bits per heavy atom. The molecular formula is C15H20N4O4. The molecule has 0 heterocycles. The van der Waals surface area contributed by atoms with Gasteiger partial charge in [0.05, 0.1) is 15.9 Å². The highest BCUT2D eigenvalue weighted by Gasteiger charge is 2.19. The fraction of sp³-hybridized carbons (Fsp3) is 0.533. The molecule has 1 N–H and O–H groups in total. The van der Waals surface area contributed by atoms with Crippen molar-refractivity contribution >= 4 is 22.8 Å². The molecule has 0 aliphatic heterocycles. The maximum Gasteiger partial charge on any atom is 0.301 e. The van der Waals surface area contributed by atoms with Crippen LogP contribution in [0.3, 0.4) is 0 Å². The van der Waals surface area contributed by atoms with Crippen LogP contribution in [-0.2, 0) is 0 Å². The van der Waals surface area contributed by atoms with Gasteiger partial charge < -0.3 is 0 Å². The molecule has 1 atom stereocenters. The molecule has 1 aliphatic carbocycles. The fourth-order valence-corrected chi connectivity index (χ4v) is 2.73. The van der Waals surface area contributed by atoms with E-state index in [0.29, 0.717) is 5.92 Å². The number of anilines is 1. The Morgan fingerprint density at radius 1 is 1.17 bits per heavy atom. The molecule has 0 bridgehead atoms. The number of nitrogens with one attached hydrogen (secondary N) is 1. The van der Waals surface area contributed by atoms with Gasteiger partial charge in [0.1, 0.15) is 5.69 Å². The topological polar surface area (TPSA) is 111 Å². The maximum absolute atomic E-state index is 11.1. The standard InChI is InChI=1S/C15H20N4O4/c1-11-5-3-2-4-6-12(9-11)16-17-14-8-7-13(18(20)21)10-15(14)19(22)23/h7-8,10-11,17H,2-6,9H2,1H3/b16-12+/t11-/m1/s1. The molecule has 1 aromatic carbocycles. The first-order valence-corrected chi connectivity index (χ1v) is 7.71. The van der Waals surface area contributed by atoms with E-state index in [1.807, 2.05) is 0 Å². The lowest BCUT2D eigenvalue weighted by atomic mass is 9.91. The predicted octanol–water partition coefficient (Wildman–Crippen LogP) is 4.26. The maximum atomic E-state index is 11.1. The molecule has 0 amide bonds. The molecule has 0 saturated heterocycles. The Labute approximate surface area is 133 Å². The largest absolute Gasteiger partial charge is 0.301 e. The van der Waals surface area contributed by atoms with Gasteiger partial charge in [-0.1, -0.05) is 26.2 Å². The van der Waals surface area contributed by atoms with E-state index < -0.39 is 9.85 Å². The first-order chi connectivity index (χ1) is 11.0. The van der Waals surface area contributed by atoms with Crippen LogP contribution < -0.4 is 5.43 Å². The van der Waals surface area contributed by atoms with Crippen molar-refractivity contribution in [3.8, 4) is 0 Å². The molecule has 0 unspecified atom stereocenters. The summed E-state index contributed by atoms with van der Waals surface area (Å²) in [5.74, 6) is 0.544. The van der Waals surface area contributed by atoms with Crippen molar-refractivity contribution in [3.63, 3.8) is 0 Å². The van der Waals surface area contributed by atoms with E-state index in [9.17, 15) is 20.2 Å². The summed E-state index contributed by atoms with van der Waals surface area (Å²) in [6.07, 6.45) is 6.37. The molecular weight excluding hydrogens is 300 g/mol. The van der Waals surface area contributed by atoms with Gasteiger partial charge in [0, 0.05) is 11.8 Å². The van der Waals surface area contributed by atoms with E-state index in [2.05, 4.69) is 17.5 Å². The van der Waals surface area contributed by atoms with E-state index in [-0.39, 0.29) is 17.1 Å². The Hall–Kier alpha value is -2.51. The summed E-state index contributed by atoms with van der Waals surface area (Å²) < 4.78 is 0. The average molecular weight is 320 g/mol. The number of nitrogens with zero attached hydrogens (tertiary/aromatic N) is 3. The first-order valence-electron chi connectivity index (χ1n) is 7.71. The number of non-ortho nitro benzene ring substituents is 1. The van der Waals surface area contributed by atoms with E-state index in [1.54, 1.807) is 0 Å². The highest BCUT2D eigenvalue weighted by molar-refractivity contribution is 5.85. The third kappa shape index (κ3) is 4.73. The quantitative estimate of drug-likeness (QED) is 0.658. The second-order valence-corrected chi connectivity index (χ2v) is 5.91. The molecule has 124 valence electrons. The Morgan fingerprint density at radius 3 is 2.65 bits per heavy atom. The van der Waals surface area contributed by atoms with Gasteiger partial charge in [-0.15, -0.1) is 0 Å². The summed E-state index contributed by atoms with van der Waals surface area (Å²) in [7, 11) is 0. The molecule has 0 radical (unpaired) electrons. The Kier molecular flexibility index (Phi) is 5.61. The number of hydrazone groups is 1. The molecule has 2 rings (SSSR count). The Bertz CT molecular complexity index is 630. The summed E-state index contributed by atoms with van der Waals surface area (Å²) in [4.78, 5) is 20.5. The van der Waals surface area contributed by atoms with Gasteiger partial charge in [0.25, 0.3) is 5.69 Å². The molecule has 0 aromatic heterocycles. The summed E-state index contributed by atoms with van der Waals surface area (Å²) in [6, 6.07) is 3.51. The van der Waals surface area contributed by atoms with Crippen LogP contribution in [0.1, 0.15) is 45.4 Å². The van der Waals surface area contributed by atoms with Crippen molar-refractivity contribution in [2.24, 2.45) is 11.0 Å². The SMILES string of the molecule is C[C@@H]1CCCCC/C(=N\Nc2ccc([N+](=O)[O-])cc2[N+](=O)[O-])C1. The Balaban J connectivity index is 2.19. The highest BCUT2D eigenvalue weighted by Crippen LogP contribution is 2.29. The average Bonchev–Trinajstić information content (AvgIpc) is 2.49. The van der Waals surface area contributed by atoms with E-state index in [0.717, 1.165) is 37.5 Å². The first kappa shape index (κ1) is 16.9. The lowest BCUT2D eigenvalue weighted by Gasteiger charge is -2.17. The number of hydrogen-bond acceptors (Lipinski definition) is 6. The van der Waals surface area contributed by atoms with E-state index in [4.69, 9.17) is 0 Å². The molecule has 1 aliphatic rings. The molecule has 1 saturated carbocycles. The van der Waals surface area contributed by atoms with Gasteiger partial charge in [0.2, 0.25) is 0 Å². The van der Waals surface area contributed by atoms with Crippen LogP contribution in [0.15, 0.2) is 23.3 Å². The van der Waals surface area contributed by atoms with Crippen molar-refractivity contribution in [2.45, 2.75) is 45.4 Å². The van der Waals surface area contributed by atoms with Crippen LogP contribution in [0, 0.1) is 26.1 Å². The lowest BCUT2D eigenvalue weighted by Crippen LogP contribution is -2.11. The highest BCUT2D eigenvalue weighted by atomic mass is 16.6. The van der Waals surface area contributed by atoms with Crippen molar-refractivity contribution in [2.75, 3.05) is 5.43 Å². The van der Waals surface area contributed by atoms with Gasteiger partial charge in [-0.2, -0.15) is 5.10 Å². The van der Waals surface area contributed by atoms with Crippen molar-refractivity contribution in [3.05, 3.63) is 38.4 Å². The fourth-order valence-electron chi connectivity index (χ4n) is 2.73. The van der Waals surface area contributed by atoms with Gasteiger partial charge in [0.15, 0.2) is 0 Å². The molecule has 0 spiro atoms.